The quantitative estimate of drug-likeness (QED) is 0.647. The number of fused-ring (bicyclic) bond motifs is 1. The van der Waals surface area contributed by atoms with Crippen LogP contribution in [0, 0.1) is 0 Å². The molecule has 3 heterocycles. The molecular weight excluding hydrogens is 188 g/mol. The highest BCUT2D eigenvalue weighted by atomic mass is 14.8. The van der Waals surface area contributed by atoms with Gasteiger partial charge in [-0.25, -0.2) is 15.0 Å². The molecule has 0 atom stereocenters. The lowest BCUT2D eigenvalue weighted by molar-refractivity contribution is 1.17. The van der Waals surface area contributed by atoms with Gasteiger partial charge in [0, 0.05) is 41.3 Å². The van der Waals surface area contributed by atoms with Crippen LogP contribution in [0.5, 0.6) is 0 Å². The van der Waals surface area contributed by atoms with Gasteiger partial charge < -0.3 is 4.98 Å². The third-order valence-corrected chi connectivity index (χ3v) is 2.32. The summed E-state index contributed by atoms with van der Waals surface area (Å²) >= 11 is 0. The molecule has 4 nitrogen and oxygen atoms in total. The van der Waals surface area contributed by atoms with E-state index in [2.05, 4.69) is 19.9 Å². The molecule has 0 aromatic carbocycles. The summed E-state index contributed by atoms with van der Waals surface area (Å²) in [6.07, 6.45) is 8.81. The molecule has 3 aromatic heterocycles. The molecule has 0 amide bonds. The standard InChI is InChI=1S/C11H8N4/c1-2-9-10(6-15-11(9)14-3-1)8-4-12-7-13-5-8/h1-7H,(H,14,15). The van der Waals surface area contributed by atoms with Gasteiger partial charge in [0.25, 0.3) is 0 Å². The maximum Gasteiger partial charge on any atom is 0.137 e. The van der Waals surface area contributed by atoms with Gasteiger partial charge in [0.05, 0.1) is 0 Å². The van der Waals surface area contributed by atoms with E-state index in [1.165, 1.54) is 6.33 Å². The van der Waals surface area contributed by atoms with E-state index in [0.29, 0.717) is 0 Å². The highest BCUT2D eigenvalue weighted by molar-refractivity contribution is 5.92. The number of aromatic nitrogens is 4. The molecule has 0 aliphatic heterocycles. The molecule has 4 heteroatoms. The zero-order valence-electron chi connectivity index (χ0n) is 7.88. The average Bonchev–Trinajstić information content (AvgIpc) is 2.74. The molecule has 0 unspecified atom stereocenters. The van der Waals surface area contributed by atoms with Crippen molar-refractivity contribution in [3.05, 3.63) is 43.2 Å². The molecule has 0 saturated heterocycles. The van der Waals surface area contributed by atoms with Gasteiger partial charge in [-0.05, 0) is 12.1 Å². The fourth-order valence-electron chi connectivity index (χ4n) is 1.63. The highest BCUT2D eigenvalue weighted by Gasteiger charge is 2.05. The van der Waals surface area contributed by atoms with Crippen LogP contribution in [0.1, 0.15) is 0 Å². The van der Waals surface area contributed by atoms with Crippen molar-refractivity contribution in [3.63, 3.8) is 0 Å². The van der Waals surface area contributed by atoms with Crippen molar-refractivity contribution in [3.8, 4) is 11.1 Å². The minimum atomic E-state index is 0.886. The Kier molecular flexibility index (Phi) is 1.71. The van der Waals surface area contributed by atoms with Gasteiger partial charge in [-0.15, -0.1) is 0 Å². The van der Waals surface area contributed by atoms with Crippen molar-refractivity contribution in [2.75, 3.05) is 0 Å². The highest BCUT2D eigenvalue weighted by Crippen LogP contribution is 2.25. The number of nitrogens with zero attached hydrogens (tertiary/aromatic N) is 3. The number of pyridine rings is 1. The van der Waals surface area contributed by atoms with Crippen LogP contribution in [0.2, 0.25) is 0 Å². The lowest BCUT2D eigenvalue weighted by Gasteiger charge is -1.96. The van der Waals surface area contributed by atoms with Gasteiger partial charge in [0.1, 0.15) is 12.0 Å². The van der Waals surface area contributed by atoms with Crippen LogP contribution < -0.4 is 0 Å². The third kappa shape index (κ3) is 1.27. The second kappa shape index (κ2) is 3.16. The van der Waals surface area contributed by atoms with E-state index in [0.717, 1.165) is 22.2 Å². The Bertz CT molecular complexity index is 586. The summed E-state index contributed by atoms with van der Waals surface area (Å²) in [4.78, 5) is 15.4. The van der Waals surface area contributed by atoms with Gasteiger partial charge in [-0.3, -0.25) is 0 Å². The number of aromatic amines is 1. The first-order valence-corrected chi connectivity index (χ1v) is 4.62. The minimum absolute atomic E-state index is 0.886. The number of H-pyrrole nitrogens is 1. The SMILES string of the molecule is c1cnc2[nH]cc(-c3cncnc3)c2c1. The molecule has 0 fully saturated rings. The molecule has 3 aromatic rings. The van der Waals surface area contributed by atoms with Crippen molar-refractivity contribution >= 4 is 11.0 Å². The van der Waals surface area contributed by atoms with Crippen LogP contribution in [0.3, 0.4) is 0 Å². The maximum absolute atomic E-state index is 4.23. The number of hydrogen-bond acceptors (Lipinski definition) is 3. The monoisotopic (exact) mass is 196 g/mol. The molecule has 0 radical (unpaired) electrons. The Morgan fingerprint density at radius 1 is 1.13 bits per heavy atom. The van der Waals surface area contributed by atoms with Crippen LogP contribution in [-0.4, -0.2) is 19.9 Å². The third-order valence-electron chi connectivity index (χ3n) is 2.32. The first kappa shape index (κ1) is 8.11. The fourth-order valence-corrected chi connectivity index (χ4v) is 1.63. The number of hydrogen-bond donors (Lipinski definition) is 1. The largest absolute Gasteiger partial charge is 0.346 e. The fraction of sp³-hybridized carbons (Fsp3) is 0. The van der Waals surface area contributed by atoms with E-state index in [1.807, 2.05) is 18.3 Å². The van der Waals surface area contributed by atoms with Gasteiger partial charge >= 0.3 is 0 Å². The Morgan fingerprint density at radius 2 is 2.00 bits per heavy atom. The predicted molar refractivity (Wildman–Crippen MR) is 57.1 cm³/mol. The molecule has 72 valence electrons. The second-order valence-electron chi connectivity index (χ2n) is 3.23. The molecule has 0 aliphatic rings. The lowest BCUT2D eigenvalue weighted by Crippen LogP contribution is -1.80. The van der Waals surface area contributed by atoms with E-state index >= 15 is 0 Å². The van der Waals surface area contributed by atoms with E-state index in [1.54, 1.807) is 18.6 Å². The van der Waals surface area contributed by atoms with Crippen molar-refractivity contribution < 1.29 is 0 Å². The van der Waals surface area contributed by atoms with Crippen LogP contribution in [0.25, 0.3) is 22.2 Å². The van der Waals surface area contributed by atoms with Crippen LogP contribution in [-0.2, 0) is 0 Å². The first-order valence-electron chi connectivity index (χ1n) is 4.62. The van der Waals surface area contributed by atoms with Gasteiger partial charge in [0.15, 0.2) is 0 Å². The second-order valence-corrected chi connectivity index (χ2v) is 3.23. The summed E-state index contributed by atoms with van der Waals surface area (Å²) in [5.74, 6) is 0. The Balaban J connectivity index is 2.28. The zero-order chi connectivity index (χ0) is 10.1. The molecule has 0 aliphatic carbocycles. The van der Waals surface area contributed by atoms with Gasteiger partial charge in [-0.1, -0.05) is 0 Å². The Hall–Kier alpha value is -2.23. The molecule has 15 heavy (non-hydrogen) atoms. The summed E-state index contributed by atoms with van der Waals surface area (Å²) < 4.78 is 0. The maximum atomic E-state index is 4.23. The van der Waals surface area contributed by atoms with E-state index < -0.39 is 0 Å². The molecule has 0 spiro atoms. The molecular formula is C11H8N4. The molecule has 3 rings (SSSR count). The first-order chi connectivity index (χ1) is 7.45. The molecule has 0 bridgehead atoms. The number of rotatable bonds is 1. The Morgan fingerprint density at radius 3 is 2.87 bits per heavy atom. The average molecular weight is 196 g/mol. The van der Waals surface area contributed by atoms with Crippen LogP contribution in [0.15, 0.2) is 43.2 Å². The van der Waals surface area contributed by atoms with Crippen molar-refractivity contribution in [1.29, 1.82) is 0 Å². The molecule has 0 saturated carbocycles. The van der Waals surface area contributed by atoms with Crippen LogP contribution >= 0.6 is 0 Å². The van der Waals surface area contributed by atoms with E-state index in [-0.39, 0.29) is 0 Å². The summed E-state index contributed by atoms with van der Waals surface area (Å²) in [5.41, 5.74) is 2.96. The topological polar surface area (TPSA) is 54.5 Å². The summed E-state index contributed by atoms with van der Waals surface area (Å²) in [5, 5.41) is 1.09. The minimum Gasteiger partial charge on any atom is -0.346 e. The van der Waals surface area contributed by atoms with Gasteiger partial charge in [0.2, 0.25) is 0 Å². The summed E-state index contributed by atoms with van der Waals surface area (Å²) in [6.45, 7) is 0. The molecule has 1 N–H and O–H groups in total. The van der Waals surface area contributed by atoms with Gasteiger partial charge in [-0.2, -0.15) is 0 Å². The van der Waals surface area contributed by atoms with Crippen LogP contribution in [0.4, 0.5) is 0 Å². The smallest absolute Gasteiger partial charge is 0.137 e. The summed E-state index contributed by atoms with van der Waals surface area (Å²) in [7, 11) is 0. The van der Waals surface area contributed by atoms with Crippen molar-refractivity contribution in [2.45, 2.75) is 0 Å². The van der Waals surface area contributed by atoms with E-state index in [9.17, 15) is 0 Å². The summed E-state index contributed by atoms with van der Waals surface area (Å²) in [6, 6.07) is 3.95. The lowest BCUT2D eigenvalue weighted by atomic mass is 10.1. The number of nitrogens with one attached hydrogen (secondary N) is 1. The predicted octanol–water partition coefficient (Wildman–Crippen LogP) is 2.02. The van der Waals surface area contributed by atoms with E-state index in [4.69, 9.17) is 0 Å². The Labute approximate surface area is 86.0 Å². The van der Waals surface area contributed by atoms with Crippen molar-refractivity contribution in [1.82, 2.24) is 19.9 Å². The van der Waals surface area contributed by atoms with Crippen molar-refractivity contribution in [2.24, 2.45) is 0 Å². The zero-order valence-corrected chi connectivity index (χ0v) is 7.88. The normalized spacial score (nSPS) is 10.7.